The molecule has 0 spiro atoms. The van der Waals surface area contributed by atoms with Gasteiger partial charge in [0.05, 0.1) is 11.4 Å². The zero-order valence-corrected chi connectivity index (χ0v) is 38.2. The van der Waals surface area contributed by atoms with Gasteiger partial charge < -0.3 is 9.80 Å². The number of anilines is 6. The molecule has 2 heteroatoms. The molecular weight excluding hydrogens is 773 g/mol. The molecule has 0 saturated heterocycles. The van der Waals surface area contributed by atoms with Crippen molar-refractivity contribution in [1.29, 1.82) is 0 Å². The lowest BCUT2D eigenvalue weighted by Gasteiger charge is -2.31. The van der Waals surface area contributed by atoms with Gasteiger partial charge in [0.2, 0.25) is 0 Å². The summed E-state index contributed by atoms with van der Waals surface area (Å²) in [5, 5.41) is 7.41. The van der Waals surface area contributed by atoms with E-state index in [1.807, 2.05) is 0 Å². The molecule has 0 amide bonds. The van der Waals surface area contributed by atoms with Crippen molar-refractivity contribution >= 4 is 90.7 Å². The van der Waals surface area contributed by atoms with Crippen molar-refractivity contribution in [2.75, 3.05) is 9.80 Å². The lowest BCUT2D eigenvalue weighted by Crippen LogP contribution is -2.16. The zero-order chi connectivity index (χ0) is 43.9. The van der Waals surface area contributed by atoms with Gasteiger partial charge in [-0.3, -0.25) is 0 Å². The molecule has 8 aromatic carbocycles. The fraction of sp³-hybridized carbons (Fsp3) is 0.194. The first kappa shape index (κ1) is 38.7. The van der Waals surface area contributed by atoms with Gasteiger partial charge in [-0.2, -0.15) is 0 Å². The number of hydrogen-bond donors (Lipinski definition) is 0. The largest absolute Gasteiger partial charge is 0.310 e. The van der Waals surface area contributed by atoms with Gasteiger partial charge in [-0.1, -0.05) is 177 Å². The molecule has 0 heterocycles. The summed E-state index contributed by atoms with van der Waals surface area (Å²) in [6, 6.07) is 51.3. The number of hydrogen-bond acceptors (Lipinski definition) is 2. The second-order valence-electron chi connectivity index (χ2n) is 21.0. The van der Waals surface area contributed by atoms with Crippen molar-refractivity contribution in [2.45, 2.75) is 77.0 Å². The van der Waals surface area contributed by atoms with Crippen molar-refractivity contribution in [3.63, 3.8) is 0 Å². The quantitative estimate of drug-likeness (QED) is 0.154. The van der Waals surface area contributed by atoms with Crippen molar-refractivity contribution in [2.24, 2.45) is 0 Å². The Morgan fingerprint density at radius 2 is 0.672 bits per heavy atom. The normalized spacial score (nSPS) is 17.3. The Labute approximate surface area is 378 Å². The van der Waals surface area contributed by atoms with Crippen LogP contribution >= 0.6 is 0 Å². The van der Waals surface area contributed by atoms with Crippen LogP contribution in [0.3, 0.4) is 0 Å². The van der Waals surface area contributed by atoms with E-state index in [1.54, 1.807) is 0 Å². The van der Waals surface area contributed by atoms with Crippen LogP contribution in [0.2, 0.25) is 0 Å². The topological polar surface area (TPSA) is 6.48 Å². The van der Waals surface area contributed by atoms with Gasteiger partial charge in [0.25, 0.3) is 0 Å². The molecule has 4 aliphatic carbocycles. The molecule has 12 rings (SSSR count). The Kier molecular flexibility index (Phi) is 8.06. The van der Waals surface area contributed by atoms with Gasteiger partial charge in [-0.05, 0) is 127 Å². The van der Waals surface area contributed by atoms with Crippen molar-refractivity contribution in [3.05, 3.63) is 202 Å². The van der Waals surface area contributed by atoms with Crippen LogP contribution in [0.1, 0.15) is 99.9 Å². The maximum Gasteiger partial charge on any atom is 0.0546 e. The van der Waals surface area contributed by atoms with Crippen LogP contribution in [0.5, 0.6) is 0 Å². The third-order valence-electron chi connectivity index (χ3n) is 15.0. The molecule has 0 aliphatic heterocycles. The summed E-state index contributed by atoms with van der Waals surface area (Å²) in [7, 11) is 0. The van der Waals surface area contributed by atoms with E-state index in [4.69, 9.17) is 0 Å². The summed E-state index contributed by atoms with van der Waals surface area (Å²) in [5.41, 5.74) is 17.5. The predicted molar refractivity (Wildman–Crippen MR) is 277 cm³/mol. The van der Waals surface area contributed by atoms with Crippen molar-refractivity contribution < 1.29 is 0 Å². The molecule has 0 unspecified atom stereocenters. The highest BCUT2D eigenvalue weighted by molar-refractivity contribution is 6.23. The summed E-state index contributed by atoms with van der Waals surface area (Å²) < 4.78 is 0. The highest BCUT2D eigenvalue weighted by Gasteiger charge is 2.31. The number of rotatable bonds is 6. The third kappa shape index (κ3) is 5.78. The minimum Gasteiger partial charge on any atom is -0.310 e. The Bertz CT molecular complexity index is 3450. The minimum atomic E-state index is -0.0535. The molecule has 64 heavy (non-hydrogen) atoms. The van der Waals surface area contributed by atoms with Crippen LogP contribution in [-0.2, 0) is 21.7 Å². The van der Waals surface area contributed by atoms with E-state index in [0.29, 0.717) is 0 Å². The lowest BCUT2D eigenvalue weighted by atomic mass is 9.86. The number of fused-ring (bicyclic) bond motifs is 9. The smallest absolute Gasteiger partial charge is 0.0546 e. The number of allylic oxidation sites excluding steroid dienone is 4. The van der Waals surface area contributed by atoms with Crippen LogP contribution in [-0.4, -0.2) is 0 Å². The second-order valence-corrected chi connectivity index (χ2v) is 21.0. The molecule has 0 fully saturated rings. The monoisotopic (exact) mass is 826 g/mol. The molecule has 0 radical (unpaired) electrons. The van der Waals surface area contributed by atoms with Crippen molar-refractivity contribution in [1.82, 2.24) is 0 Å². The van der Waals surface area contributed by atoms with E-state index >= 15 is 0 Å². The SMILES string of the molecule is CC1(C)C=Cc2cc(N(c3ccc4c(c3)C(C)(C)C=C4)c3cc4c5cccc(N(c6ccc7c(c6)C=CC7(C)C)c6ccc7c(c6)C(C)(C)C=C7)c5ccc4c4ccccc34)ccc21. The third-order valence-corrected chi connectivity index (χ3v) is 15.0. The predicted octanol–water partition coefficient (Wildman–Crippen LogP) is 17.3. The van der Waals surface area contributed by atoms with Gasteiger partial charge in [-0.15, -0.1) is 0 Å². The second kappa shape index (κ2) is 13.3. The van der Waals surface area contributed by atoms with Crippen LogP contribution in [0.4, 0.5) is 34.1 Å². The van der Waals surface area contributed by atoms with Gasteiger partial charge in [-0.25, -0.2) is 0 Å². The van der Waals surface area contributed by atoms with E-state index < -0.39 is 0 Å². The van der Waals surface area contributed by atoms with Crippen LogP contribution < -0.4 is 9.80 Å². The molecule has 0 bridgehead atoms. The number of nitrogens with zero attached hydrogens (tertiary/aromatic N) is 2. The highest BCUT2D eigenvalue weighted by Crippen LogP contribution is 2.50. The van der Waals surface area contributed by atoms with E-state index in [-0.39, 0.29) is 21.7 Å². The first-order valence-electron chi connectivity index (χ1n) is 23.0. The first-order chi connectivity index (χ1) is 30.7. The minimum absolute atomic E-state index is 0.00207. The van der Waals surface area contributed by atoms with Crippen LogP contribution in [0, 0.1) is 0 Å². The fourth-order valence-corrected chi connectivity index (χ4v) is 11.3. The van der Waals surface area contributed by atoms with Crippen molar-refractivity contribution in [3.8, 4) is 0 Å². The van der Waals surface area contributed by atoms with E-state index in [0.717, 1.165) is 28.4 Å². The molecule has 312 valence electrons. The molecule has 0 saturated carbocycles. The maximum atomic E-state index is 2.52. The standard InChI is InChI=1S/C62H54N2/c1-59(2)32-28-41-34-43(20-24-53(41)59)63(45-18-16-39-26-30-61(5,6)55(39)36-45)57-15-11-14-48-51(57)23-22-49-47-12-9-10-13-50(47)58(38-52(48)49)64(44-21-25-54-42(35-44)29-33-60(54,3)4)46-19-17-40-27-31-62(7,8)56(40)37-46/h9-38H,1-8H3. The first-order valence-corrected chi connectivity index (χ1v) is 23.0. The van der Waals surface area contributed by atoms with Crippen LogP contribution in [0.25, 0.3) is 56.6 Å². The lowest BCUT2D eigenvalue weighted by molar-refractivity contribution is 0.683. The Morgan fingerprint density at radius 3 is 1.23 bits per heavy atom. The Balaban J connectivity index is 1.11. The molecule has 0 aromatic heterocycles. The molecule has 0 atom stereocenters. The average molecular weight is 827 g/mol. The maximum absolute atomic E-state index is 2.52. The van der Waals surface area contributed by atoms with Crippen LogP contribution in [0.15, 0.2) is 158 Å². The van der Waals surface area contributed by atoms with Gasteiger partial charge in [0.15, 0.2) is 0 Å². The summed E-state index contributed by atoms with van der Waals surface area (Å²) in [5.74, 6) is 0. The molecule has 0 N–H and O–H groups in total. The van der Waals surface area contributed by atoms with E-state index in [1.165, 1.54) is 82.5 Å². The molecular formula is C62H54N2. The van der Waals surface area contributed by atoms with Gasteiger partial charge in [0.1, 0.15) is 0 Å². The number of benzene rings is 8. The van der Waals surface area contributed by atoms with E-state index in [9.17, 15) is 0 Å². The Hall–Kier alpha value is -6.90. The highest BCUT2D eigenvalue weighted by atomic mass is 15.2. The molecule has 8 aromatic rings. The zero-order valence-electron chi connectivity index (χ0n) is 38.2. The molecule has 4 aliphatic rings. The van der Waals surface area contributed by atoms with E-state index in [2.05, 4.69) is 247 Å². The summed E-state index contributed by atoms with van der Waals surface area (Å²) in [6.07, 6.45) is 18.5. The molecule has 2 nitrogen and oxygen atoms in total. The summed E-state index contributed by atoms with van der Waals surface area (Å²) in [4.78, 5) is 5.02. The van der Waals surface area contributed by atoms with Gasteiger partial charge in [0, 0.05) is 55.2 Å². The fourth-order valence-electron chi connectivity index (χ4n) is 11.3. The van der Waals surface area contributed by atoms with Gasteiger partial charge >= 0.3 is 0 Å². The summed E-state index contributed by atoms with van der Waals surface area (Å²) in [6.45, 7) is 18.5. The Morgan fingerprint density at radius 1 is 0.281 bits per heavy atom. The summed E-state index contributed by atoms with van der Waals surface area (Å²) >= 11 is 0. The average Bonchev–Trinajstić information content (AvgIpc) is 3.98.